The van der Waals surface area contributed by atoms with Gasteiger partial charge in [0.05, 0.1) is 13.7 Å². The van der Waals surface area contributed by atoms with Crippen molar-refractivity contribution < 1.29 is 14.0 Å². The third-order valence-electron chi connectivity index (χ3n) is 3.51. The van der Waals surface area contributed by atoms with Gasteiger partial charge in [-0.15, -0.1) is 0 Å². The zero-order valence-corrected chi connectivity index (χ0v) is 15.7. The van der Waals surface area contributed by atoms with Gasteiger partial charge < -0.3 is 14.0 Å². The Hall–Kier alpha value is -2.50. The second-order valence-corrected chi connectivity index (χ2v) is 6.11. The lowest BCUT2D eigenvalue weighted by atomic mass is 10.2. The van der Waals surface area contributed by atoms with Gasteiger partial charge in [0.1, 0.15) is 5.03 Å². The highest BCUT2D eigenvalue weighted by Crippen LogP contribution is 2.31. The van der Waals surface area contributed by atoms with Gasteiger partial charge in [-0.05, 0) is 55.0 Å². The van der Waals surface area contributed by atoms with Crippen LogP contribution in [0.2, 0.25) is 5.02 Å². The number of halogens is 2. The Morgan fingerprint density at radius 3 is 2.62 bits per heavy atom. The topological polar surface area (TPSA) is 57.4 Å². The fourth-order valence-corrected chi connectivity index (χ4v) is 2.62. The standard InChI is InChI=1S/C19H16Cl2N2O3/c1-3-25-16-9-4-12(11-17(16)24-2)10-15(21)19-22-18(23-26-19)13-5-7-14(20)8-6-13/h4-11H,3H2,1-2H3/b15-10-. The van der Waals surface area contributed by atoms with Gasteiger partial charge in [-0.1, -0.05) is 34.4 Å². The van der Waals surface area contributed by atoms with Crippen LogP contribution in [0.5, 0.6) is 11.5 Å². The molecule has 0 atom stereocenters. The van der Waals surface area contributed by atoms with E-state index in [9.17, 15) is 0 Å². The molecule has 26 heavy (non-hydrogen) atoms. The second-order valence-electron chi connectivity index (χ2n) is 5.27. The number of methoxy groups -OCH3 is 1. The van der Waals surface area contributed by atoms with Crippen LogP contribution in [0.15, 0.2) is 47.0 Å². The first-order valence-corrected chi connectivity index (χ1v) is 8.64. The van der Waals surface area contributed by atoms with Gasteiger partial charge in [0.25, 0.3) is 5.89 Å². The molecule has 1 heterocycles. The molecular formula is C19H16Cl2N2O3. The summed E-state index contributed by atoms with van der Waals surface area (Å²) in [6.07, 6.45) is 1.72. The number of aromatic nitrogens is 2. The molecule has 5 nitrogen and oxygen atoms in total. The maximum atomic E-state index is 6.33. The maximum absolute atomic E-state index is 6.33. The quantitative estimate of drug-likeness (QED) is 0.553. The highest BCUT2D eigenvalue weighted by Gasteiger charge is 2.12. The van der Waals surface area contributed by atoms with Crippen LogP contribution in [-0.2, 0) is 0 Å². The monoisotopic (exact) mass is 390 g/mol. The molecule has 7 heteroatoms. The van der Waals surface area contributed by atoms with Crippen LogP contribution >= 0.6 is 23.2 Å². The van der Waals surface area contributed by atoms with Gasteiger partial charge in [0, 0.05) is 10.6 Å². The SMILES string of the molecule is CCOc1ccc(/C=C(\Cl)c2nc(-c3ccc(Cl)cc3)no2)cc1OC. The summed E-state index contributed by atoms with van der Waals surface area (Å²) in [6, 6.07) is 12.7. The van der Waals surface area contributed by atoms with Gasteiger partial charge in [-0.2, -0.15) is 4.98 Å². The molecule has 0 saturated carbocycles. The second kappa shape index (κ2) is 8.25. The minimum absolute atomic E-state index is 0.226. The summed E-state index contributed by atoms with van der Waals surface area (Å²) in [5.74, 6) is 1.96. The van der Waals surface area contributed by atoms with E-state index in [1.54, 1.807) is 25.3 Å². The van der Waals surface area contributed by atoms with Crippen molar-refractivity contribution in [1.29, 1.82) is 0 Å². The molecule has 1 aromatic heterocycles. The lowest BCUT2D eigenvalue weighted by Crippen LogP contribution is -1.95. The number of rotatable bonds is 6. The first-order valence-electron chi connectivity index (χ1n) is 7.88. The van der Waals surface area contributed by atoms with Gasteiger partial charge in [0.15, 0.2) is 11.5 Å². The summed E-state index contributed by atoms with van der Waals surface area (Å²) in [6.45, 7) is 2.47. The van der Waals surface area contributed by atoms with Crippen LogP contribution in [0, 0.1) is 0 Å². The van der Waals surface area contributed by atoms with E-state index in [4.69, 9.17) is 37.2 Å². The van der Waals surface area contributed by atoms with Crippen molar-refractivity contribution in [1.82, 2.24) is 10.1 Å². The number of ether oxygens (including phenoxy) is 2. The summed E-state index contributed by atoms with van der Waals surface area (Å²) < 4.78 is 16.1. The maximum Gasteiger partial charge on any atom is 0.269 e. The third-order valence-corrected chi connectivity index (χ3v) is 4.04. The summed E-state index contributed by atoms with van der Waals surface area (Å²) in [7, 11) is 1.59. The Morgan fingerprint density at radius 1 is 1.15 bits per heavy atom. The van der Waals surface area contributed by atoms with E-state index in [-0.39, 0.29) is 5.89 Å². The number of hydrogen-bond acceptors (Lipinski definition) is 5. The minimum atomic E-state index is 0.226. The highest BCUT2D eigenvalue weighted by atomic mass is 35.5. The van der Waals surface area contributed by atoms with E-state index in [1.807, 2.05) is 37.3 Å². The van der Waals surface area contributed by atoms with Gasteiger partial charge >= 0.3 is 0 Å². The number of hydrogen-bond donors (Lipinski definition) is 0. The average Bonchev–Trinajstić information content (AvgIpc) is 3.14. The molecule has 0 fully saturated rings. The third kappa shape index (κ3) is 4.18. The number of benzene rings is 2. The molecule has 0 spiro atoms. The fraction of sp³-hybridized carbons (Fsp3) is 0.158. The summed E-state index contributed by atoms with van der Waals surface area (Å²) in [4.78, 5) is 4.32. The van der Waals surface area contributed by atoms with Gasteiger partial charge in [-0.25, -0.2) is 0 Å². The molecule has 0 unspecified atom stereocenters. The molecule has 0 aliphatic heterocycles. The first kappa shape index (κ1) is 18.3. The van der Waals surface area contributed by atoms with Crippen LogP contribution in [0.1, 0.15) is 18.4 Å². The Bertz CT molecular complexity index is 921. The highest BCUT2D eigenvalue weighted by molar-refractivity contribution is 6.50. The average molecular weight is 391 g/mol. The molecule has 0 N–H and O–H groups in total. The molecule has 134 valence electrons. The lowest BCUT2D eigenvalue weighted by molar-refractivity contribution is 0.311. The first-order chi connectivity index (χ1) is 12.6. The van der Waals surface area contributed by atoms with Crippen LogP contribution in [0.25, 0.3) is 22.5 Å². The Balaban J connectivity index is 1.85. The van der Waals surface area contributed by atoms with Crippen LogP contribution in [-0.4, -0.2) is 23.9 Å². The van der Waals surface area contributed by atoms with E-state index >= 15 is 0 Å². The smallest absolute Gasteiger partial charge is 0.269 e. The van der Waals surface area contributed by atoms with Gasteiger partial charge in [0.2, 0.25) is 5.82 Å². The number of nitrogens with zero attached hydrogens (tertiary/aromatic N) is 2. The Kier molecular flexibility index (Phi) is 5.81. The molecule has 0 amide bonds. The molecule has 0 aliphatic rings. The van der Waals surface area contributed by atoms with Crippen molar-refractivity contribution in [3.8, 4) is 22.9 Å². The largest absolute Gasteiger partial charge is 0.493 e. The molecule has 3 aromatic rings. The van der Waals surface area contributed by atoms with Crippen molar-refractivity contribution >= 4 is 34.3 Å². The van der Waals surface area contributed by atoms with Crippen molar-refractivity contribution in [3.63, 3.8) is 0 Å². The molecule has 0 aliphatic carbocycles. The van der Waals surface area contributed by atoms with E-state index in [2.05, 4.69) is 10.1 Å². The van der Waals surface area contributed by atoms with E-state index < -0.39 is 0 Å². The van der Waals surface area contributed by atoms with Crippen LogP contribution in [0.3, 0.4) is 0 Å². The molecule has 3 rings (SSSR count). The van der Waals surface area contributed by atoms with Crippen molar-refractivity contribution in [3.05, 3.63) is 58.9 Å². The van der Waals surface area contributed by atoms with E-state index in [0.29, 0.717) is 34.0 Å². The van der Waals surface area contributed by atoms with Gasteiger partial charge in [-0.3, -0.25) is 0 Å². The normalized spacial score (nSPS) is 11.5. The molecule has 0 bridgehead atoms. The molecule has 0 radical (unpaired) electrons. The van der Waals surface area contributed by atoms with E-state index in [1.165, 1.54) is 0 Å². The minimum Gasteiger partial charge on any atom is -0.493 e. The van der Waals surface area contributed by atoms with Crippen LogP contribution in [0.4, 0.5) is 0 Å². The Morgan fingerprint density at radius 2 is 1.92 bits per heavy atom. The summed E-state index contributed by atoms with van der Waals surface area (Å²) in [5.41, 5.74) is 1.61. The summed E-state index contributed by atoms with van der Waals surface area (Å²) in [5, 5.41) is 4.91. The summed E-state index contributed by atoms with van der Waals surface area (Å²) >= 11 is 12.2. The van der Waals surface area contributed by atoms with Crippen molar-refractivity contribution in [2.45, 2.75) is 6.92 Å². The van der Waals surface area contributed by atoms with Crippen molar-refractivity contribution in [2.75, 3.05) is 13.7 Å². The molecule has 0 saturated heterocycles. The zero-order valence-electron chi connectivity index (χ0n) is 14.2. The molecular weight excluding hydrogens is 375 g/mol. The lowest BCUT2D eigenvalue weighted by Gasteiger charge is -2.09. The van der Waals surface area contributed by atoms with Crippen LogP contribution < -0.4 is 9.47 Å². The Labute approximate surface area is 161 Å². The predicted octanol–water partition coefficient (Wildman–Crippen LogP) is 5.53. The van der Waals surface area contributed by atoms with Crippen molar-refractivity contribution in [2.24, 2.45) is 0 Å². The zero-order chi connectivity index (χ0) is 18.5. The fourth-order valence-electron chi connectivity index (χ4n) is 2.29. The van der Waals surface area contributed by atoms with E-state index in [0.717, 1.165) is 11.1 Å². The predicted molar refractivity (Wildman–Crippen MR) is 103 cm³/mol. The molecule has 2 aromatic carbocycles.